The van der Waals surface area contributed by atoms with Crippen LogP contribution in [0, 0.1) is 5.92 Å². The minimum absolute atomic E-state index is 0.0869. The molecule has 1 aromatic carbocycles. The molecule has 1 aromatic rings. The van der Waals surface area contributed by atoms with Gasteiger partial charge in [-0.15, -0.1) is 0 Å². The summed E-state index contributed by atoms with van der Waals surface area (Å²) in [6.07, 6.45) is 7.64. The molecule has 3 nitrogen and oxygen atoms in total. The summed E-state index contributed by atoms with van der Waals surface area (Å²) in [6, 6.07) is 6.81. The van der Waals surface area contributed by atoms with Crippen molar-refractivity contribution in [2.24, 2.45) is 5.92 Å². The van der Waals surface area contributed by atoms with Gasteiger partial charge in [-0.25, -0.2) is 0 Å². The zero-order valence-corrected chi connectivity index (χ0v) is 12.2. The molecule has 2 aliphatic rings. The fourth-order valence-corrected chi connectivity index (χ4v) is 3.65. The van der Waals surface area contributed by atoms with Gasteiger partial charge in [0.1, 0.15) is 0 Å². The molecule has 108 valence electrons. The Morgan fingerprint density at radius 2 is 2.15 bits per heavy atom. The molecule has 1 fully saturated rings. The van der Waals surface area contributed by atoms with Gasteiger partial charge in [0.15, 0.2) is 0 Å². The quantitative estimate of drug-likeness (QED) is 0.885. The maximum atomic E-state index is 12.0. The molecule has 2 N–H and O–H groups in total. The van der Waals surface area contributed by atoms with Crippen LogP contribution in [-0.4, -0.2) is 19.5 Å². The molecule has 1 unspecified atom stereocenters. The van der Waals surface area contributed by atoms with Gasteiger partial charge in [0.05, 0.1) is 0 Å². The maximum absolute atomic E-state index is 12.0. The summed E-state index contributed by atoms with van der Waals surface area (Å²) in [4.78, 5) is 12.0. The average molecular weight is 272 g/mol. The van der Waals surface area contributed by atoms with E-state index < -0.39 is 0 Å². The Labute approximate surface area is 121 Å². The van der Waals surface area contributed by atoms with Gasteiger partial charge in [0.2, 0.25) is 0 Å². The molecule has 1 aliphatic carbocycles. The summed E-state index contributed by atoms with van der Waals surface area (Å²) in [7, 11) is 2.03. The molecular weight excluding hydrogens is 248 g/mol. The van der Waals surface area contributed by atoms with E-state index >= 15 is 0 Å². The van der Waals surface area contributed by atoms with E-state index in [4.69, 9.17) is 0 Å². The lowest BCUT2D eigenvalue weighted by Crippen LogP contribution is -2.32. The van der Waals surface area contributed by atoms with Crippen LogP contribution in [0.25, 0.3) is 0 Å². The van der Waals surface area contributed by atoms with Crippen molar-refractivity contribution in [3.8, 4) is 0 Å². The molecule has 3 rings (SSSR count). The lowest BCUT2D eigenvalue weighted by molar-refractivity contribution is 0.0946. The first-order valence-electron chi connectivity index (χ1n) is 7.86. The Hall–Kier alpha value is -1.35. The van der Waals surface area contributed by atoms with E-state index in [0.29, 0.717) is 6.04 Å². The standard InChI is InChI=1S/C17H24N2O/c1-18-16(10-12-4-2-3-5-12)14-7-6-13-8-9-19-17(20)15(13)11-14/h6-7,11-12,16,18H,2-5,8-10H2,1H3,(H,19,20). The summed E-state index contributed by atoms with van der Waals surface area (Å²) in [6.45, 7) is 0.767. The normalized spacial score (nSPS) is 20.6. The topological polar surface area (TPSA) is 41.1 Å². The van der Waals surface area contributed by atoms with Gasteiger partial charge in [-0.3, -0.25) is 4.79 Å². The number of carbonyl (C=O) groups excluding carboxylic acids is 1. The van der Waals surface area contributed by atoms with Crippen LogP contribution in [0.5, 0.6) is 0 Å². The summed E-state index contributed by atoms with van der Waals surface area (Å²) in [5.74, 6) is 0.932. The van der Waals surface area contributed by atoms with Crippen LogP contribution in [0.1, 0.15) is 59.6 Å². The molecule has 1 atom stereocenters. The second-order valence-corrected chi connectivity index (χ2v) is 6.15. The Morgan fingerprint density at radius 3 is 2.90 bits per heavy atom. The fraction of sp³-hybridized carbons (Fsp3) is 0.588. The van der Waals surface area contributed by atoms with E-state index in [-0.39, 0.29) is 5.91 Å². The molecule has 0 radical (unpaired) electrons. The first-order valence-corrected chi connectivity index (χ1v) is 7.86. The van der Waals surface area contributed by atoms with Crippen molar-refractivity contribution >= 4 is 5.91 Å². The highest BCUT2D eigenvalue weighted by molar-refractivity contribution is 5.96. The lowest BCUT2D eigenvalue weighted by Gasteiger charge is -2.23. The molecule has 20 heavy (non-hydrogen) atoms. The molecule has 0 aromatic heterocycles. The summed E-state index contributed by atoms with van der Waals surface area (Å²) in [5, 5.41) is 6.37. The van der Waals surface area contributed by atoms with E-state index in [1.165, 1.54) is 43.2 Å². The van der Waals surface area contributed by atoms with E-state index in [0.717, 1.165) is 24.4 Å². The van der Waals surface area contributed by atoms with E-state index in [2.05, 4.69) is 28.8 Å². The van der Waals surface area contributed by atoms with Gasteiger partial charge < -0.3 is 10.6 Å². The van der Waals surface area contributed by atoms with Gasteiger partial charge in [0.25, 0.3) is 5.91 Å². The highest BCUT2D eigenvalue weighted by Crippen LogP contribution is 2.33. The molecule has 0 bridgehead atoms. The van der Waals surface area contributed by atoms with Crippen molar-refractivity contribution in [2.75, 3.05) is 13.6 Å². The summed E-state index contributed by atoms with van der Waals surface area (Å²) < 4.78 is 0. The minimum atomic E-state index is 0.0869. The zero-order valence-electron chi connectivity index (χ0n) is 12.2. The molecule has 1 aliphatic heterocycles. The Kier molecular flexibility index (Phi) is 4.06. The third-order valence-electron chi connectivity index (χ3n) is 4.85. The van der Waals surface area contributed by atoms with Crippen molar-refractivity contribution in [3.05, 3.63) is 34.9 Å². The number of fused-ring (bicyclic) bond motifs is 1. The van der Waals surface area contributed by atoms with E-state index in [9.17, 15) is 4.79 Å². The van der Waals surface area contributed by atoms with Crippen molar-refractivity contribution in [3.63, 3.8) is 0 Å². The fourth-order valence-electron chi connectivity index (χ4n) is 3.65. The SMILES string of the molecule is CNC(CC1CCCC1)c1ccc2c(c1)C(=O)NCC2. The summed E-state index contributed by atoms with van der Waals surface area (Å²) in [5.41, 5.74) is 3.32. The number of benzene rings is 1. The smallest absolute Gasteiger partial charge is 0.251 e. The molecule has 0 spiro atoms. The summed E-state index contributed by atoms with van der Waals surface area (Å²) >= 11 is 0. The Bertz CT molecular complexity index is 492. The number of hydrogen-bond donors (Lipinski definition) is 2. The van der Waals surface area contributed by atoms with Crippen LogP contribution >= 0.6 is 0 Å². The lowest BCUT2D eigenvalue weighted by atomic mass is 9.90. The third-order valence-corrected chi connectivity index (χ3v) is 4.85. The number of hydrogen-bond acceptors (Lipinski definition) is 2. The van der Waals surface area contributed by atoms with Crippen LogP contribution < -0.4 is 10.6 Å². The van der Waals surface area contributed by atoms with E-state index in [1.807, 2.05) is 7.05 Å². The zero-order chi connectivity index (χ0) is 13.9. The van der Waals surface area contributed by atoms with Gasteiger partial charge in [0, 0.05) is 18.2 Å². The predicted molar refractivity (Wildman–Crippen MR) is 80.9 cm³/mol. The van der Waals surface area contributed by atoms with Crippen LogP contribution in [0.2, 0.25) is 0 Å². The maximum Gasteiger partial charge on any atom is 0.251 e. The number of amides is 1. The third kappa shape index (κ3) is 2.73. The van der Waals surface area contributed by atoms with Crippen LogP contribution in [0.4, 0.5) is 0 Å². The van der Waals surface area contributed by atoms with Crippen molar-refractivity contribution in [1.29, 1.82) is 0 Å². The highest BCUT2D eigenvalue weighted by Gasteiger charge is 2.22. The van der Waals surface area contributed by atoms with Crippen molar-refractivity contribution in [1.82, 2.24) is 10.6 Å². The minimum Gasteiger partial charge on any atom is -0.352 e. The van der Waals surface area contributed by atoms with Crippen molar-refractivity contribution in [2.45, 2.75) is 44.6 Å². The number of carbonyl (C=O) groups is 1. The van der Waals surface area contributed by atoms with Gasteiger partial charge in [-0.1, -0.05) is 37.8 Å². The van der Waals surface area contributed by atoms with Crippen LogP contribution in [-0.2, 0) is 6.42 Å². The first-order chi connectivity index (χ1) is 9.78. The van der Waals surface area contributed by atoms with Crippen LogP contribution in [0.15, 0.2) is 18.2 Å². The molecule has 3 heteroatoms. The van der Waals surface area contributed by atoms with Gasteiger partial charge >= 0.3 is 0 Å². The molecular formula is C17H24N2O. The second kappa shape index (κ2) is 5.96. The molecule has 0 saturated heterocycles. The van der Waals surface area contributed by atoms with E-state index in [1.54, 1.807) is 0 Å². The Morgan fingerprint density at radius 1 is 1.35 bits per heavy atom. The monoisotopic (exact) mass is 272 g/mol. The second-order valence-electron chi connectivity index (χ2n) is 6.15. The number of nitrogens with one attached hydrogen (secondary N) is 2. The Balaban J connectivity index is 1.80. The van der Waals surface area contributed by atoms with Crippen LogP contribution in [0.3, 0.4) is 0 Å². The first kappa shape index (κ1) is 13.6. The predicted octanol–water partition coefficient (Wildman–Crippen LogP) is 2.81. The highest BCUT2D eigenvalue weighted by atomic mass is 16.1. The van der Waals surface area contributed by atoms with Gasteiger partial charge in [-0.2, -0.15) is 0 Å². The molecule has 1 heterocycles. The average Bonchev–Trinajstić information content (AvgIpc) is 2.98. The van der Waals surface area contributed by atoms with Gasteiger partial charge in [-0.05, 0) is 43.0 Å². The number of rotatable bonds is 4. The van der Waals surface area contributed by atoms with Crippen molar-refractivity contribution < 1.29 is 4.79 Å². The molecule has 1 saturated carbocycles. The largest absolute Gasteiger partial charge is 0.352 e. The molecule has 1 amide bonds.